The Morgan fingerprint density at radius 2 is 2.00 bits per heavy atom. The van der Waals surface area contributed by atoms with Crippen molar-refractivity contribution in [3.05, 3.63) is 29.8 Å². The highest BCUT2D eigenvalue weighted by molar-refractivity contribution is 7.99. The lowest BCUT2D eigenvalue weighted by Crippen LogP contribution is -2.44. The first-order valence-corrected chi connectivity index (χ1v) is 8.01. The van der Waals surface area contributed by atoms with Gasteiger partial charge in [-0.15, -0.1) is 11.8 Å². The second-order valence-corrected chi connectivity index (χ2v) is 7.23. The van der Waals surface area contributed by atoms with Crippen molar-refractivity contribution in [1.82, 2.24) is 5.32 Å². The zero-order chi connectivity index (χ0) is 15.6. The van der Waals surface area contributed by atoms with E-state index >= 15 is 0 Å². The van der Waals surface area contributed by atoms with E-state index < -0.39 is 17.6 Å². The molecule has 0 aromatic heterocycles. The van der Waals surface area contributed by atoms with Gasteiger partial charge >= 0.3 is 5.97 Å². The SMILES string of the molecule is C[C@@H](NC(=O)C1CSc2ccccc21)C(=O)OC(C)(C)C. The van der Waals surface area contributed by atoms with Crippen molar-refractivity contribution in [2.75, 3.05) is 5.75 Å². The average molecular weight is 307 g/mol. The van der Waals surface area contributed by atoms with Crippen molar-refractivity contribution in [1.29, 1.82) is 0 Å². The lowest BCUT2D eigenvalue weighted by Gasteiger charge is -2.23. The Labute approximate surface area is 129 Å². The molecule has 114 valence electrons. The molecule has 1 unspecified atom stereocenters. The summed E-state index contributed by atoms with van der Waals surface area (Å²) in [6.45, 7) is 7.08. The highest BCUT2D eigenvalue weighted by Gasteiger charge is 2.31. The molecule has 21 heavy (non-hydrogen) atoms. The van der Waals surface area contributed by atoms with E-state index in [1.807, 2.05) is 45.0 Å². The van der Waals surface area contributed by atoms with Crippen LogP contribution in [0.3, 0.4) is 0 Å². The maximum absolute atomic E-state index is 12.4. The molecule has 1 aliphatic heterocycles. The second-order valence-electron chi connectivity index (χ2n) is 6.17. The lowest BCUT2D eigenvalue weighted by molar-refractivity contribution is -0.158. The molecule has 1 aromatic rings. The number of amides is 1. The van der Waals surface area contributed by atoms with Gasteiger partial charge in [0.1, 0.15) is 11.6 Å². The smallest absolute Gasteiger partial charge is 0.328 e. The summed E-state index contributed by atoms with van der Waals surface area (Å²) in [6, 6.07) is 7.24. The number of hydrogen-bond donors (Lipinski definition) is 1. The number of ether oxygens (including phenoxy) is 1. The van der Waals surface area contributed by atoms with Crippen molar-refractivity contribution in [3.63, 3.8) is 0 Å². The van der Waals surface area contributed by atoms with Gasteiger partial charge in [0, 0.05) is 10.6 Å². The van der Waals surface area contributed by atoms with Crippen molar-refractivity contribution < 1.29 is 14.3 Å². The summed E-state index contributed by atoms with van der Waals surface area (Å²) in [5.41, 5.74) is 0.489. The molecule has 1 aliphatic rings. The Hall–Kier alpha value is -1.49. The van der Waals surface area contributed by atoms with Crippen LogP contribution < -0.4 is 5.32 Å². The number of carbonyl (C=O) groups is 2. The maximum Gasteiger partial charge on any atom is 0.328 e. The first-order chi connectivity index (χ1) is 9.78. The zero-order valence-electron chi connectivity index (χ0n) is 12.8. The quantitative estimate of drug-likeness (QED) is 0.872. The van der Waals surface area contributed by atoms with Crippen LogP contribution >= 0.6 is 11.8 Å². The van der Waals surface area contributed by atoms with Crippen LogP contribution in [0.1, 0.15) is 39.2 Å². The number of hydrogen-bond acceptors (Lipinski definition) is 4. The van der Waals surface area contributed by atoms with Crippen LogP contribution in [-0.4, -0.2) is 29.3 Å². The van der Waals surface area contributed by atoms with Crippen LogP contribution in [-0.2, 0) is 14.3 Å². The van der Waals surface area contributed by atoms with Crippen LogP contribution in [0, 0.1) is 0 Å². The molecule has 1 aromatic carbocycles. The molecule has 0 saturated heterocycles. The van der Waals surface area contributed by atoms with Gasteiger partial charge in [-0.05, 0) is 39.3 Å². The fourth-order valence-electron chi connectivity index (χ4n) is 2.14. The van der Waals surface area contributed by atoms with Gasteiger partial charge in [0.25, 0.3) is 0 Å². The Kier molecular flexibility index (Phi) is 4.61. The van der Waals surface area contributed by atoms with Crippen molar-refractivity contribution in [2.24, 2.45) is 0 Å². The molecule has 0 aliphatic carbocycles. The minimum atomic E-state index is -0.644. The summed E-state index contributed by atoms with van der Waals surface area (Å²) in [5, 5.41) is 2.76. The van der Waals surface area contributed by atoms with Gasteiger partial charge in [0.15, 0.2) is 0 Å². The Bertz CT molecular complexity index is 551. The monoisotopic (exact) mass is 307 g/mol. The van der Waals surface area contributed by atoms with Crippen LogP contribution in [0.15, 0.2) is 29.2 Å². The van der Waals surface area contributed by atoms with Gasteiger partial charge < -0.3 is 10.1 Å². The molecule has 0 spiro atoms. The number of fused-ring (bicyclic) bond motifs is 1. The van der Waals surface area contributed by atoms with E-state index in [1.54, 1.807) is 18.7 Å². The van der Waals surface area contributed by atoms with Gasteiger partial charge in [-0.2, -0.15) is 0 Å². The predicted octanol–water partition coefficient (Wildman–Crippen LogP) is 2.72. The molecule has 1 heterocycles. The molecule has 0 bridgehead atoms. The molecule has 0 saturated carbocycles. The fourth-order valence-corrected chi connectivity index (χ4v) is 3.37. The molecular formula is C16H21NO3S. The number of benzene rings is 1. The normalized spacial score (nSPS) is 18.8. The van der Waals surface area contributed by atoms with E-state index in [2.05, 4.69) is 5.32 Å². The van der Waals surface area contributed by atoms with E-state index in [4.69, 9.17) is 4.74 Å². The molecule has 0 radical (unpaired) electrons. The van der Waals surface area contributed by atoms with Crippen LogP contribution in [0.2, 0.25) is 0 Å². The van der Waals surface area contributed by atoms with Crippen molar-refractivity contribution in [3.8, 4) is 0 Å². The summed E-state index contributed by atoms with van der Waals surface area (Å²) in [4.78, 5) is 25.4. The number of rotatable bonds is 3. The van der Waals surface area contributed by atoms with Crippen LogP contribution in [0.5, 0.6) is 0 Å². The highest BCUT2D eigenvalue weighted by Crippen LogP contribution is 2.39. The molecule has 5 heteroatoms. The molecule has 0 fully saturated rings. The van der Waals surface area contributed by atoms with Gasteiger partial charge in [0.05, 0.1) is 5.92 Å². The third-order valence-electron chi connectivity index (χ3n) is 3.14. The fraction of sp³-hybridized carbons (Fsp3) is 0.500. The second kappa shape index (κ2) is 6.10. The van der Waals surface area contributed by atoms with Crippen molar-refractivity contribution >= 4 is 23.6 Å². The molecule has 1 N–H and O–H groups in total. The van der Waals surface area contributed by atoms with Crippen LogP contribution in [0.25, 0.3) is 0 Å². The molecular weight excluding hydrogens is 286 g/mol. The van der Waals surface area contributed by atoms with Gasteiger partial charge in [-0.3, -0.25) is 4.79 Å². The first-order valence-electron chi connectivity index (χ1n) is 7.03. The standard InChI is InChI=1S/C16H21NO3S/c1-10(15(19)20-16(2,3)4)17-14(18)12-9-21-13-8-6-5-7-11(12)13/h5-8,10,12H,9H2,1-4H3,(H,17,18)/t10-,12?/m1/s1. The number of thioether (sulfide) groups is 1. The highest BCUT2D eigenvalue weighted by atomic mass is 32.2. The molecule has 1 amide bonds. The summed E-state index contributed by atoms with van der Waals surface area (Å²) >= 11 is 1.67. The average Bonchev–Trinajstić information content (AvgIpc) is 2.80. The third-order valence-corrected chi connectivity index (χ3v) is 4.32. The van der Waals surface area contributed by atoms with E-state index in [1.165, 1.54) is 0 Å². The lowest BCUT2D eigenvalue weighted by atomic mass is 10.0. The topological polar surface area (TPSA) is 55.4 Å². The van der Waals surface area contributed by atoms with Crippen molar-refractivity contribution in [2.45, 2.75) is 50.2 Å². The predicted molar refractivity (Wildman–Crippen MR) is 83.4 cm³/mol. The Balaban J connectivity index is 1.98. The number of nitrogens with one attached hydrogen (secondary N) is 1. The first kappa shape index (κ1) is 15.9. The van der Waals surface area contributed by atoms with Gasteiger partial charge in [-0.1, -0.05) is 18.2 Å². The third kappa shape index (κ3) is 4.00. The van der Waals surface area contributed by atoms with E-state index in [0.29, 0.717) is 5.75 Å². The molecule has 2 atom stereocenters. The minimum Gasteiger partial charge on any atom is -0.458 e. The van der Waals surface area contributed by atoms with E-state index in [9.17, 15) is 9.59 Å². The summed E-state index contributed by atoms with van der Waals surface area (Å²) in [7, 11) is 0. The molecule has 2 rings (SSSR count). The van der Waals surface area contributed by atoms with Gasteiger partial charge in [0.2, 0.25) is 5.91 Å². The van der Waals surface area contributed by atoms with Crippen LogP contribution in [0.4, 0.5) is 0 Å². The molecule has 4 nitrogen and oxygen atoms in total. The number of esters is 1. The van der Waals surface area contributed by atoms with Gasteiger partial charge in [-0.25, -0.2) is 4.79 Å². The van der Waals surface area contributed by atoms with E-state index in [-0.39, 0.29) is 11.8 Å². The minimum absolute atomic E-state index is 0.120. The summed E-state index contributed by atoms with van der Waals surface area (Å²) < 4.78 is 5.27. The zero-order valence-corrected chi connectivity index (χ0v) is 13.6. The summed E-state index contributed by atoms with van der Waals surface area (Å²) in [5.74, 6) is -0.0108. The Morgan fingerprint density at radius 1 is 1.33 bits per heavy atom. The Morgan fingerprint density at radius 3 is 2.67 bits per heavy atom. The van der Waals surface area contributed by atoms with E-state index in [0.717, 1.165) is 10.5 Å². The summed E-state index contributed by atoms with van der Waals surface area (Å²) in [6.07, 6.45) is 0. The largest absolute Gasteiger partial charge is 0.458 e. The number of carbonyl (C=O) groups excluding carboxylic acids is 2. The maximum atomic E-state index is 12.4.